The second-order valence-corrected chi connectivity index (χ2v) is 7.97. The van der Waals surface area contributed by atoms with E-state index in [0.29, 0.717) is 12.3 Å². The summed E-state index contributed by atoms with van der Waals surface area (Å²) >= 11 is 8.87. The third-order valence-electron chi connectivity index (χ3n) is 3.61. The number of carbonyl (C=O) groups is 2. The first-order chi connectivity index (χ1) is 9.99. The van der Waals surface area contributed by atoms with Gasteiger partial charge in [-0.3, -0.25) is 4.79 Å². The van der Waals surface area contributed by atoms with Crippen LogP contribution in [0.3, 0.4) is 0 Å². The van der Waals surface area contributed by atoms with Crippen molar-refractivity contribution in [1.29, 1.82) is 0 Å². The van der Waals surface area contributed by atoms with Gasteiger partial charge in [-0.2, -0.15) is 0 Å². The van der Waals surface area contributed by atoms with E-state index in [4.69, 9.17) is 11.6 Å². The number of thiophene rings is 1. The number of aliphatic carboxylic acids is 1. The van der Waals surface area contributed by atoms with Gasteiger partial charge in [0.15, 0.2) is 0 Å². The van der Waals surface area contributed by atoms with Crippen molar-refractivity contribution in [2.75, 3.05) is 12.3 Å². The monoisotopic (exact) mass is 347 g/mol. The van der Waals surface area contributed by atoms with E-state index in [1.807, 2.05) is 19.1 Å². The van der Waals surface area contributed by atoms with Crippen molar-refractivity contribution < 1.29 is 14.7 Å². The zero-order valence-corrected chi connectivity index (χ0v) is 14.1. The summed E-state index contributed by atoms with van der Waals surface area (Å²) in [5.41, 5.74) is 0. The Hall–Kier alpha value is -0.720. The highest BCUT2D eigenvalue weighted by atomic mass is 35.5. The number of hydrogen-bond donors (Lipinski definition) is 1. The molecule has 4 nitrogen and oxygen atoms in total. The molecule has 1 aromatic heterocycles. The van der Waals surface area contributed by atoms with E-state index in [1.165, 1.54) is 28.0 Å². The first-order valence-corrected chi connectivity index (χ1v) is 9.18. The number of nitrogens with zero attached hydrogens (tertiary/aromatic N) is 1. The highest BCUT2D eigenvalue weighted by Gasteiger charge is 2.36. The highest BCUT2D eigenvalue weighted by molar-refractivity contribution is 7.99. The number of carboxylic acids is 1. The van der Waals surface area contributed by atoms with Crippen LogP contribution in [0.2, 0.25) is 4.34 Å². The van der Waals surface area contributed by atoms with Gasteiger partial charge >= 0.3 is 5.97 Å². The van der Waals surface area contributed by atoms with Gasteiger partial charge in [-0.1, -0.05) is 18.5 Å². The van der Waals surface area contributed by atoms with Crippen molar-refractivity contribution in [3.05, 3.63) is 21.3 Å². The largest absolute Gasteiger partial charge is 0.480 e. The Morgan fingerprint density at radius 3 is 2.90 bits per heavy atom. The van der Waals surface area contributed by atoms with Crippen LogP contribution >= 0.6 is 34.7 Å². The van der Waals surface area contributed by atoms with Crippen LogP contribution in [0, 0.1) is 5.92 Å². The number of rotatable bonds is 5. The molecule has 1 aliphatic heterocycles. The van der Waals surface area contributed by atoms with Crippen molar-refractivity contribution in [2.45, 2.75) is 31.6 Å². The minimum Gasteiger partial charge on any atom is -0.480 e. The molecule has 2 atom stereocenters. The molecular formula is C14H18ClNO3S2. The van der Waals surface area contributed by atoms with Crippen molar-refractivity contribution in [2.24, 2.45) is 5.92 Å². The molecule has 0 aliphatic carbocycles. The molecular weight excluding hydrogens is 330 g/mol. The van der Waals surface area contributed by atoms with Crippen LogP contribution in [0.4, 0.5) is 0 Å². The molecule has 0 spiro atoms. The van der Waals surface area contributed by atoms with Gasteiger partial charge in [0.1, 0.15) is 6.04 Å². The average Bonchev–Trinajstić information content (AvgIpc) is 2.83. The predicted octanol–water partition coefficient (Wildman–Crippen LogP) is 3.35. The molecule has 2 unspecified atom stereocenters. The van der Waals surface area contributed by atoms with Gasteiger partial charge in [-0.15, -0.1) is 23.1 Å². The topological polar surface area (TPSA) is 57.6 Å². The van der Waals surface area contributed by atoms with Gasteiger partial charge in [-0.25, -0.2) is 4.79 Å². The Labute approximate surface area is 137 Å². The second-order valence-electron chi connectivity index (χ2n) is 5.19. The fourth-order valence-corrected chi connectivity index (χ4v) is 4.70. The summed E-state index contributed by atoms with van der Waals surface area (Å²) in [6, 6.07) is 3.12. The van der Waals surface area contributed by atoms with Crippen LogP contribution in [0.1, 0.15) is 24.6 Å². The van der Waals surface area contributed by atoms with Gasteiger partial charge in [0.05, 0.1) is 10.1 Å². The van der Waals surface area contributed by atoms with Crippen LogP contribution in [0.15, 0.2) is 12.1 Å². The van der Waals surface area contributed by atoms with Crippen molar-refractivity contribution >= 4 is 46.6 Å². The minimum atomic E-state index is -0.898. The molecule has 1 aliphatic rings. The van der Waals surface area contributed by atoms with E-state index in [0.717, 1.165) is 27.8 Å². The number of carbonyl (C=O) groups excluding carboxylic acids is 1. The van der Waals surface area contributed by atoms with Crippen LogP contribution in [-0.4, -0.2) is 40.2 Å². The number of hydrogen-bond acceptors (Lipinski definition) is 4. The first-order valence-electron chi connectivity index (χ1n) is 6.83. The van der Waals surface area contributed by atoms with Crippen LogP contribution < -0.4 is 0 Å². The lowest BCUT2D eigenvalue weighted by Crippen LogP contribution is -2.52. The maximum absolute atomic E-state index is 12.3. The molecule has 116 valence electrons. The van der Waals surface area contributed by atoms with E-state index in [2.05, 4.69) is 0 Å². The fraction of sp³-hybridized carbons (Fsp3) is 0.571. The van der Waals surface area contributed by atoms with Crippen LogP contribution in [0.5, 0.6) is 0 Å². The van der Waals surface area contributed by atoms with E-state index in [1.54, 1.807) is 0 Å². The lowest BCUT2D eigenvalue weighted by atomic mass is 9.91. The van der Waals surface area contributed by atoms with Gasteiger partial charge in [0, 0.05) is 17.2 Å². The predicted molar refractivity (Wildman–Crippen MR) is 87.0 cm³/mol. The maximum atomic E-state index is 12.3. The molecule has 1 N–H and O–H groups in total. The molecule has 1 aromatic rings. The Balaban J connectivity index is 1.87. The van der Waals surface area contributed by atoms with Gasteiger partial charge in [0.25, 0.3) is 0 Å². The number of thioether (sulfide) groups is 1. The molecule has 1 saturated heterocycles. The number of amides is 1. The highest BCUT2D eigenvalue weighted by Crippen LogP contribution is 2.27. The zero-order chi connectivity index (χ0) is 15.4. The Kier molecular flexibility index (Phi) is 5.96. The third kappa shape index (κ3) is 4.37. The summed E-state index contributed by atoms with van der Waals surface area (Å²) in [6.07, 6.45) is 1.74. The molecule has 2 heterocycles. The lowest BCUT2D eigenvalue weighted by molar-refractivity contribution is -0.153. The van der Waals surface area contributed by atoms with E-state index in [9.17, 15) is 14.7 Å². The fourth-order valence-electron chi connectivity index (χ4n) is 2.60. The normalized spacial score (nSPS) is 22.3. The first kappa shape index (κ1) is 16.6. The number of likely N-dealkylation sites (tertiary alicyclic amines) is 1. The summed E-state index contributed by atoms with van der Waals surface area (Å²) in [6.45, 7) is 2.45. The van der Waals surface area contributed by atoms with Crippen LogP contribution in [0.25, 0.3) is 0 Å². The lowest BCUT2D eigenvalue weighted by Gasteiger charge is -2.37. The molecule has 1 amide bonds. The average molecular weight is 348 g/mol. The molecule has 0 saturated carbocycles. The molecule has 2 rings (SSSR count). The summed E-state index contributed by atoms with van der Waals surface area (Å²) < 4.78 is 0.743. The summed E-state index contributed by atoms with van der Waals surface area (Å²) in [4.78, 5) is 26.3. The quantitative estimate of drug-likeness (QED) is 0.887. The minimum absolute atomic E-state index is 0.0151. The van der Waals surface area contributed by atoms with Crippen molar-refractivity contribution in [1.82, 2.24) is 4.90 Å². The van der Waals surface area contributed by atoms with Crippen molar-refractivity contribution in [3.8, 4) is 0 Å². The van der Waals surface area contributed by atoms with Gasteiger partial charge < -0.3 is 10.0 Å². The molecule has 0 aromatic carbocycles. The van der Waals surface area contributed by atoms with E-state index in [-0.39, 0.29) is 11.8 Å². The smallest absolute Gasteiger partial charge is 0.326 e. The zero-order valence-electron chi connectivity index (χ0n) is 11.8. The molecule has 1 fully saturated rings. The van der Waals surface area contributed by atoms with Crippen LogP contribution in [-0.2, 0) is 15.3 Å². The number of piperidine rings is 1. The molecule has 21 heavy (non-hydrogen) atoms. The van der Waals surface area contributed by atoms with E-state index < -0.39 is 12.0 Å². The number of carboxylic acid groups (broad SMARTS) is 1. The van der Waals surface area contributed by atoms with E-state index >= 15 is 0 Å². The van der Waals surface area contributed by atoms with Crippen molar-refractivity contribution in [3.63, 3.8) is 0 Å². The Bertz CT molecular complexity index is 520. The van der Waals surface area contributed by atoms with Gasteiger partial charge in [-0.05, 0) is 30.9 Å². The summed E-state index contributed by atoms with van der Waals surface area (Å²) in [5.74, 6) is 0.0736. The Morgan fingerprint density at radius 2 is 2.29 bits per heavy atom. The van der Waals surface area contributed by atoms with Gasteiger partial charge in [0.2, 0.25) is 5.91 Å². The molecule has 7 heteroatoms. The second kappa shape index (κ2) is 7.51. The molecule has 0 radical (unpaired) electrons. The summed E-state index contributed by atoms with van der Waals surface area (Å²) in [5, 5.41) is 9.32. The third-order valence-corrected chi connectivity index (χ3v) is 5.99. The number of halogens is 1. The maximum Gasteiger partial charge on any atom is 0.326 e. The Morgan fingerprint density at radius 1 is 1.52 bits per heavy atom. The summed E-state index contributed by atoms with van der Waals surface area (Å²) in [7, 11) is 0. The SMILES string of the molecule is CC1CCCN(C(=O)CSCc2ccc(Cl)s2)C1C(=O)O. The standard InChI is InChI=1S/C14H18ClNO3S2/c1-9-3-2-6-16(13(9)14(18)19)12(17)8-20-7-10-4-5-11(15)21-10/h4-5,9,13H,2-3,6-8H2,1H3,(H,18,19). The molecule has 0 bridgehead atoms.